The topological polar surface area (TPSA) is 68.4 Å². The molecule has 0 radical (unpaired) electrons. The lowest BCUT2D eigenvalue weighted by atomic mass is 10.3. The van der Waals surface area contributed by atoms with E-state index >= 15 is 0 Å². The molecule has 0 fully saturated rings. The third kappa shape index (κ3) is 4.88. The van der Waals surface area contributed by atoms with Gasteiger partial charge in [-0.2, -0.15) is 10.2 Å². The van der Waals surface area contributed by atoms with Gasteiger partial charge in [0.25, 0.3) is 0 Å². The average molecular weight is 374 g/mol. The van der Waals surface area contributed by atoms with E-state index in [-0.39, 0.29) is 6.09 Å². The van der Waals surface area contributed by atoms with E-state index in [9.17, 15) is 4.79 Å². The number of carbonyl (C=O) groups is 1. The number of hydrogen-bond acceptors (Lipinski definition) is 5. The van der Waals surface area contributed by atoms with Crippen molar-refractivity contribution < 1.29 is 9.53 Å². The predicted octanol–water partition coefficient (Wildman–Crippen LogP) is 2.19. The molecule has 0 bridgehead atoms. The van der Waals surface area contributed by atoms with Crippen LogP contribution in [0.25, 0.3) is 0 Å². The van der Waals surface area contributed by atoms with Crippen molar-refractivity contribution in [1.29, 1.82) is 0 Å². The van der Waals surface area contributed by atoms with Crippen LogP contribution in [0.2, 0.25) is 0 Å². The summed E-state index contributed by atoms with van der Waals surface area (Å²) in [6, 6.07) is 4.21. The third-order valence-electron chi connectivity index (χ3n) is 4.82. The van der Waals surface area contributed by atoms with Gasteiger partial charge in [-0.15, -0.1) is 0 Å². The van der Waals surface area contributed by atoms with Crippen molar-refractivity contribution in [2.75, 3.05) is 26.7 Å². The Bertz CT molecular complexity index is 781. The number of ether oxygens (including phenoxy) is 1. The number of rotatable bonds is 7. The highest BCUT2D eigenvalue weighted by molar-refractivity contribution is 5.67. The Kier molecular flexibility index (Phi) is 6.15. The molecule has 1 amide bonds. The largest absolute Gasteiger partial charge is 0.450 e. The molecular weight excluding hydrogens is 344 g/mol. The van der Waals surface area contributed by atoms with Gasteiger partial charge in [0, 0.05) is 31.9 Å². The minimum Gasteiger partial charge on any atom is -0.450 e. The summed E-state index contributed by atoms with van der Waals surface area (Å²) in [5.74, 6) is 0. The second-order valence-corrected chi connectivity index (χ2v) is 7.21. The SMILES string of the molecule is CCOC(=O)N1CCn2nc(CN(C)CCCn3nc(C)cc3C)cc2C1. The van der Waals surface area contributed by atoms with Crippen molar-refractivity contribution in [2.45, 2.75) is 53.4 Å². The molecule has 8 heteroatoms. The molecule has 3 rings (SSSR count). The molecule has 27 heavy (non-hydrogen) atoms. The summed E-state index contributed by atoms with van der Waals surface area (Å²) in [5, 5.41) is 9.20. The second-order valence-electron chi connectivity index (χ2n) is 7.21. The van der Waals surface area contributed by atoms with Gasteiger partial charge in [0.05, 0.1) is 36.8 Å². The molecule has 1 aliphatic heterocycles. The van der Waals surface area contributed by atoms with Gasteiger partial charge in [-0.3, -0.25) is 9.36 Å². The van der Waals surface area contributed by atoms with E-state index < -0.39 is 0 Å². The number of aryl methyl sites for hydroxylation is 3. The monoisotopic (exact) mass is 374 g/mol. The fourth-order valence-corrected chi connectivity index (χ4v) is 3.52. The standard InChI is InChI=1S/C19H30N6O2/c1-5-27-19(26)23-9-10-25-18(14-23)12-17(21-25)13-22(4)7-6-8-24-16(3)11-15(2)20-24/h11-12H,5-10,13-14H2,1-4H3. The van der Waals surface area contributed by atoms with Crippen molar-refractivity contribution in [2.24, 2.45) is 0 Å². The summed E-state index contributed by atoms with van der Waals surface area (Å²) in [4.78, 5) is 15.9. The first kappa shape index (κ1) is 19.4. The maximum atomic E-state index is 11.9. The molecular formula is C19H30N6O2. The zero-order valence-electron chi connectivity index (χ0n) is 16.8. The quantitative estimate of drug-likeness (QED) is 0.743. The van der Waals surface area contributed by atoms with E-state index in [1.807, 2.05) is 18.5 Å². The van der Waals surface area contributed by atoms with Crippen LogP contribution in [0.15, 0.2) is 12.1 Å². The summed E-state index contributed by atoms with van der Waals surface area (Å²) in [5.41, 5.74) is 4.40. The minimum atomic E-state index is -0.243. The van der Waals surface area contributed by atoms with E-state index in [2.05, 4.69) is 40.8 Å². The zero-order valence-corrected chi connectivity index (χ0v) is 16.8. The first-order valence-electron chi connectivity index (χ1n) is 9.63. The van der Waals surface area contributed by atoms with Crippen LogP contribution in [0.5, 0.6) is 0 Å². The summed E-state index contributed by atoms with van der Waals surface area (Å²) in [7, 11) is 2.12. The Morgan fingerprint density at radius 3 is 2.78 bits per heavy atom. The molecule has 1 aliphatic rings. The summed E-state index contributed by atoms with van der Waals surface area (Å²) >= 11 is 0. The van der Waals surface area contributed by atoms with Crippen LogP contribution in [0.1, 0.15) is 36.1 Å². The van der Waals surface area contributed by atoms with Crippen molar-refractivity contribution in [3.8, 4) is 0 Å². The van der Waals surface area contributed by atoms with Crippen molar-refractivity contribution in [1.82, 2.24) is 29.4 Å². The summed E-state index contributed by atoms with van der Waals surface area (Å²) in [6.45, 7) is 11.0. The maximum absolute atomic E-state index is 11.9. The van der Waals surface area contributed by atoms with Crippen LogP contribution in [-0.4, -0.2) is 62.2 Å². The second kappa shape index (κ2) is 8.56. The van der Waals surface area contributed by atoms with Crippen LogP contribution >= 0.6 is 0 Å². The Balaban J connectivity index is 1.48. The molecule has 0 aromatic carbocycles. The fraction of sp³-hybridized carbons (Fsp3) is 0.632. The van der Waals surface area contributed by atoms with Gasteiger partial charge in [0.15, 0.2) is 0 Å². The Labute approximate surface area is 160 Å². The van der Waals surface area contributed by atoms with Crippen LogP contribution in [0.4, 0.5) is 4.79 Å². The number of amides is 1. The number of fused-ring (bicyclic) bond motifs is 1. The van der Waals surface area contributed by atoms with Crippen LogP contribution in [0.3, 0.4) is 0 Å². The average Bonchev–Trinajstić information content (AvgIpc) is 3.16. The fourth-order valence-electron chi connectivity index (χ4n) is 3.52. The molecule has 3 heterocycles. The molecule has 0 saturated carbocycles. The molecule has 148 valence electrons. The lowest BCUT2D eigenvalue weighted by Crippen LogP contribution is -2.38. The van der Waals surface area contributed by atoms with Gasteiger partial charge in [0.2, 0.25) is 0 Å². The highest BCUT2D eigenvalue weighted by Crippen LogP contribution is 2.15. The van der Waals surface area contributed by atoms with E-state index in [4.69, 9.17) is 9.84 Å². The van der Waals surface area contributed by atoms with Gasteiger partial charge in [-0.1, -0.05) is 0 Å². The molecule has 2 aromatic heterocycles. The van der Waals surface area contributed by atoms with E-state index in [1.165, 1.54) is 5.69 Å². The molecule has 2 aromatic rings. The first-order chi connectivity index (χ1) is 13.0. The molecule has 0 atom stereocenters. The van der Waals surface area contributed by atoms with Crippen molar-refractivity contribution in [3.63, 3.8) is 0 Å². The van der Waals surface area contributed by atoms with E-state index in [1.54, 1.807) is 4.90 Å². The first-order valence-corrected chi connectivity index (χ1v) is 9.63. The van der Waals surface area contributed by atoms with Gasteiger partial charge < -0.3 is 14.5 Å². The number of carbonyl (C=O) groups excluding carboxylic acids is 1. The predicted molar refractivity (Wildman–Crippen MR) is 102 cm³/mol. The Morgan fingerprint density at radius 1 is 1.26 bits per heavy atom. The minimum absolute atomic E-state index is 0.243. The van der Waals surface area contributed by atoms with Gasteiger partial charge in [-0.05, 0) is 46.4 Å². The van der Waals surface area contributed by atoms with Crippen LogP contribution in [0, 0.1) is 13.8 Å². The van der Waals surface area contributed by atoms with Gasteiger partial charge >= 0.3 is 6.09 Å². The van der Waals surface area contributed by atoms with Crippen molar-refractivity contribution in [3.05, 3.63) is 34.9 Å². The highest BCUT2D eigenvalue weighted by atomic mass is 16.6. The van der Waals surface area contributed by atoms with Gasteiger partial charge in [0.1, 0.15) is 0 Å². The third-order valence-corrected chi connectivity index (χ3v) is 4.82. The van der Waals surface area contributed by atoms with Crippen LogP contribution in [-0.2, 0) is 30.9 Å². The number of nitrogens with zero attached hydrogens (tertiary/aromatic N) is 6. The summed E-state index contributed by atoms with van der Waals surface area (Å²) < 4.78 is 9.18. The molecule has 0 aliphatic carbocycles. The Morgan fingerprint density at radius 2 is 2.07 bits per heavy atom. The zero-order chi connectivity index (χ0) is 19.4. The molecule has 0 N–H and O–H groups in total. The van der Waals surface area contributed by atoms with Gasteiger partial charge in [-0.25, -0.2) is 4.79 Å². The molecule has 0 spiro atoms. The lowest BCUT2D eigenvalue weighted by molar-refractivity contribution is 0.0959. The smallest absolute Gasteiger partial charge is 0.410 e. The Hall–Kier alpha value is -2.35. The number of hydrogen-bond donors (Lipinski definition) is 0. The molecule has 0 unspecified atom stereocenters. The normalized spacial score (nSPS) is 13.9. The molecule has 0 saturated heterocycles. The van der Waals surface area contributed by atoms with E-state index in [0.29, 0.717) is 19.7 Å². The van der Waals surface area contributed by atoms with Crippen molar-refractivity contribution >= 4 is 6.09 Å². The van der Waals surface area contributed by atoms with Crippen LogP contribution < -0.4 is 0 Å². The number of aromatic nitrogens is 4. The highest BCUT2D eigenvalue weighted by Gasteiger charge is 2.23. The molecule has 8 nitrogen and oxygen atoms in total. The maximum Gasteiger partial charge on any atom is 0.410 e. The lowest BCUT2D eigenvalue weighted by Gasteiger charge is -2.26. The van der Waals surface area contributed by atoms with E-state index in [0.717, 1.165) is 49.7 Å². The summed E-state index contributed by atoms with van der Waals surface area (Å²) in [6.07, 6.45) is 0.802.